The summed E-state index contributed by atoms with van der Waals surface area (Å²) in [5.41, 5.74) is 5.99. The molecule has 3 aromatic rings. The van der Waals surface area contributed by atoms with Crippen LogP contribution < -0.4 is 10.6 Å². The van der Waals surface area contributed by atoms with E-state index in [0.717, 1.165) is 68.7 Å². The van der Waals surface area contributed by atoms with E-state index < -0.39 is 0 Å². The smallest absolute Gasteiger partial charge is 0.267 e. The number of amides is 2. The van der Waals surface area contributed by atoms with Gasteiger partial charge in [0.25, 0.3) is 5.91 Å². The number of rotatable bonds is 8. The highest BCUT2D eigenvalue weighted by Gasteiger charge is 2.25. The molecule has 1 aliphatic carbocycles. The standard InChI is InChI=1S/C29H36N4O3/c1-20-6-7-21(2)24(16-20)19-33-26-9-8-25(31-28(34)22-4-3-5-22)17-23(26)18-27(33)29(35)30-10-11-32-12-14-36-15-13-32/h6-9,16-18,22H,3-5,10-15,19H2,1-2H3,(H,30,35)(H,31,34). The summed E-state index contributed by atoms with van der Waals surface area (Å²) in [5.74, 6) is 0.142. The predicted molar refractivity (Wildman–Crippen MR) is 143 cm³/mol. The molecule has 190 valence electrons. The Morgan fingerprint density at radius 3 is 2.58 bits per heavy atom. The van der Waals surface area contributed by atoms with Crippen LogP contribution in [0.5, 0.6) is 0 Å². The van der Waals surface area contributed by atoms with E-state index >= 15 is 0 Å². The fourth-order valence-electron chi connectivity index (χ4n) is 5.01. The molecule has 2 heterocycles. The Bertz CT molecular complexity index is 1250. The summed E-state index contributed by atoms with van der Waals surface area (Å²) >= 11 is 0. The van der Waals surface area contributed by atoms with Crippen LogP contribution in [0.4, 0.5) is 5.69 Å². The fraction of sp³-hybridized carbons (Fsp3) is 0.448. The van der Waals surface area contributed by atoms with Gasteiger partial charge in [-0.2, -0.15) is 0 Å². The molecule has 0 bridgehead atoms. The van der Waals surface area contributed by atoms with Crippen molar-refractivity contribution in [2.45, 2.75) is 39.7 Å². The number of hydrogen-bond donors (Lipinski definition) is 2. The fourth-order valence-corrected chi connectivity index (χ4v) is 5.01. The van der Waals surface area contributed by atoms with Crippen LogP contribution in [0, 0.1) is 19.8 Å². The maximum absolute atomic E-state index is 13.4. The minimum absolute atomic E-state index is 0.0789. The lowest BCUT2D eigenvalue weighted by molar-refractivity contribution is -0.122. The molecular formula is C29H36N4O3. The van der Waals surface area contributed by atoms with Gasteiger partial charge in [-0.3, -0.25) is 14.5 Å². The number of nitrogens with zero attached hydrogens (tertiary/aromatic N) is 2. The second kappa shape index (κ2) is 10.8. The maximum Gasteiger partial charge on any atom is 0.267 e. The van der Waals surface area contributed by atoms with Crippen molar-refractivity contribution in [2.75, 3.05) is 44.7 Å². The number of benzene rings is 2. The van der Waals surface area contributed by atoms with Gasteiger partial charge in [-0.1, -0.05) is 30.2 Å². The van der Waals surface area contributed by atoms with Crippen molar-refractivity contribution >= 4 is 28.4 Å². The van der Waals surface area contributed by atoms with E-state index in [9.17, 15) is 9.59 Å². The van der Waals surface area contributed by atoms with Crippen LogP contribution >= 0.6 is 0 Å². The number of aromatic nitrogens is 1. The number of anilines is 1. The lowest BCUT2D eigenvalue weighted by Gasteiger charge is -2.26. The molecule has 1 saturated heterocycles. The lowest BCUT2D eigenvalue weighted by Crippen LogP contribution is -2.41. The third-order valence-electron chi connectivity index (χ3n) is 7.53. The Morgan fingerprint density at radius 2 is 1.83 bits per heavy atom. The Balaban J connectivity index is 1.40. The van der Waals surface area contributed by atoms with Gasteiger partial charge in [-0.15, -0.1) is 0 Å². The Kier molecular flexibility index (Phi) is 7.39. The summed E-state index contributed by atoms with van der Waals surface area (Å²) < 4.78 is 7.51. The van der Waals surface area contributed by atoms with Crippen LogP contribution in [-0.2, 0) is 16.1 Å². The summed E-state index contributed by atoms with van der Waals surface area (Å²) in [5, 5.41) is 7.14. The molecule has 1 aliphatic heterocycles. The first kappa shape index (κ1) is 24.5. The number of carbonyl (C=O) groups excluding carboxylic acids is 2. The third-order valence-corrected chi connectivity index (χ3v) is 7.53. The summed E-state index contributed by atoms with van der Waals surface area (Å²) in [6, 6.07) is 14.3. The topological polar surface area (TPSA) is 75.6 Å². The SMILES string of the molecule is Cc1ccc(C)c(Cn2c(C(=O)NCCN3CCOCC3)cc3cc(NC(=O)C4CCC4)ccc32)c1. The zero-order chi connectivity index (χ0) is 25.1. The average Bonchev–Trinajstić information content (AvgIpc) is 3.18. The van der Waals surface area contributed by atoms with Crippen molar-refractivity contribution in [2.24, 2.45) is 5.92 Å². The van der Waals surface area contributed by atoms with Crippen LogP contribution in [0.25, 0.3) is 10.9 Å². The van der Waals surface area contributed by atoms with Crippen LogP contribution in [0.2, 0.25) is 0 Å². The van der Waals surface area contributed by atoms with Crippen molar-refractivity contribution in [1.29, 1.82) is 0 Å². The molecule has 2 aromatic carbocycles. The molecule has 5 rings (SSSR count). The molecule has 0 radical (unpaired) electrons. The normalized spacial score (nSPS) is 16.6. The van der Waals surface area contributed by atoms with E-state index in [2.05, 4.69) is 52.1 Å². The second-order valence-electron chi connectivity index (χ2n) is 10.1. The number of carbonyl (C=O) groups is 2. The molecule has 7 nitrogen and oxygen atoms in total. The Hall–Kier alpha value is -3.16. The van der Waals surface area contributed by atoms with Crippen molar-refractivity contribution in [3.63, 3.8) is 0 Å². The number of hydrogen-bond acceptors (Lipinski definition) is 4. The quantitative estimate of drug-likeness (QED) is 0.501. The number of nitrogens with one attached hydrogen (secondary N) is 2. The van der Waals surface area contributed by atoms with E-state index in [1.807, 2.05) is 24.3 Å². The number of fused-ring (bicyclic) bond motifs is 1. The van der Waals surface area contributed by atoms with Gasteiger partial charge in [-0.25, -0.2) is 0 Å². The van der Waals surface area contributed by atoms with Gasteiger partial charge in [0, 0.05) is 55.2 Å². The first-order chi connectivity index (χ1) is 17.5. The van der Waals surface area contributed by atoms with Crippen LogP contribution in [0.15, 0.2) is 42.5 Å². The highest BCUT2D eigenvalue weighted by atomic mass is 16.5. The monoisotopic (exact) mass is 488 g/mol. The van der Waals surface area contributed by atoms with E-state index in [4.69, 9.17) is 4.74 Å². The molecule has 7 heteroatoms. The van der Waals surface area contributed by atoms with Gasteiger partial charge >= 0.3 is 0 Å². The number of aryl methyl sites for hydroxylation is 2. The van der Waals surface area contributed by atoms with Gasteiger partial charge in [-0.05, 0) is 62.1 Å². The van der Waals surface area contributed by atoms with Crippen molar-refractivity contribution in [3.05, 3.63) is 64.8 Å². The third kappa shape index (κ3) is 5.47. The number of morpholine rings is 1. The first-order valence-corrected chi connectivity index (χ1v) is 13.1. The van der Waals surface area contributed by atoms with E-state index in [-0.39, 0.29) is 17.7 Å². The van der Waals surface area contributed by atoms with E-state index in [1.54, 1.807) is 0 Å². The predicted octanol–water partition coefficient (Wildman–Crippen LogP) is 4.11. The molecule has 2 aliphatic rings. The first-order valence-electron chi connectivity index (χ1n) is 13.1. The lowest BCUT2D eigenvalue weighted by atomic mass is 9.85. The average molecular weight is 489 g/mol. The summed E-state index contributed by atoms with van der Waals surface area (Å²) in [4.78, 5) is 28.2. The highest BCUT2D eigenvalue weighted by Crippen LogP contribution is 2.29. The van der Waals surface area contributed by atoms with E-state index in [1.165, 1.54) is 16.7 Å². The number of ether oxygens (including phenoxy) is 1. The molecule has 0 spiro atoms. The zero-order valence-corrected chi connectivity index (χ0v) is 21.3. The van der Waals surface area contributed by atoms with Crippen molar-refractivity contribution in [3.8, 4) is 0 Å². The van der Waals surface area contributed by atoms with Gasteiger partial charge in [0.05, 0.1) is 13.2 Å². The zero-order valence-electron chi connectivity index (χ0n) is 21.3. The largest absolute Gasteiger partial charge is 0.379 e. The minimum atomic E-state index is -0.0789. The molecule has 36 heavy (non-hydrogen) atoms. The highest BCUT2D eigenvalue weighted by molar-refractivity contribution is 6.01. The van der Waals surface area contributed by atoms with Crippen LogP contribution in [-0.4, -0.2) is 60.7 Å². The van der Waals surface area contributed by atoms with Crippen molar-refractivity contribution in [1.82, 2.24) is 14.8 Å². The Morgan fingerprint density at radius 1 is 1.03 bits per heavy atom. The second-order valence-corrected chi connectivity index (χ2v) is 10.1. The van der Waals surface area contributed by atoms with Gasteiger partial charge in [0.2, 0.25) is 5.91 Å². The summed E-state index contributed by atoms with van der Waals surface area (Å²) in [6.45, 7) is 9.50. The van der Waals surface area contributed by atoms with Gasteiger partial charge in [0.15, 0.2) is 0 Å². The van der Waals surface area contributed by atoms with Crippen molar-refractivity contribution < 1.29 is 14.3 Å². The molecular weight excluding hydrogens is 452 g/mol. The summed E-state index contributed by atoms with van der Waals surface area (Å²) in [7, 11) is 0. The minimum Gasteiger partial charge on any atom is -0.379 e. The molecule has 0 unspecified atom stereocenters. The molecule has 2 fully saturated rings. The maximum atomic E-state index is 13.4. The molecule has 1 saturated carbocycles. The Labute approximate surface area is 212 Å². The summed E-state index contributed by atoms with van der Waals surface area (Å²) in [6.07, 6.45) is 3.06. The van der Waals surface area contributed by atoms with Crippen LogP contribution in [0.3, 0.4) is 0 Å². The molecule has 0 atom stereocenters. The van der Waals surface area contributed by atoms with Gasteiger partial charge < -0.3 is 19.9 Å². The molecule has 2 N–H and O–H groups in total. The van der Waals surface area contributed by atoms with Crippen LogP contribution in [0.1, 0.15) is 46.4 Å². The van der Waals surface area contributed by atoms with E-state index in [0.29, 0.717) is 18.8 Å². The molecule has 2 amide bonds. The van der Waals surface area contributed by atoms with Gasteiger partial charge in [0.1, 0.15) is 5.69 Å². The molecule has 1 aromatic heterocycles.